The zero-order chi connectivity index (χ0) is 19.2. The molecule has 27 heavy (non-hydrogen) atoms. The maximum absolute atomic E-state index is 5.81. The van der Waals surface area contributed by atoms with Gasteiger partial charge in [0.1, 0.15) is 0 Å². The molecular weight excluding hydrogens is 344 g/mol. The van der Waals surface area contributed by atoms with Crippen molar-refractivity contribution in [3.63, 3.8) is 0 Å². The Morgan fingerprint density at radius 1 is 0.667 bits per heavy atom. The molecule has 5 heteroatoms. The fourth-order valence-electron chi connectivity index (χ4n) is 3.71. The summed E-state index contributed by atoms with van der Waals surface area (Å²) >= 11 is 0. The van der Waals surface area contributed by atoms with E-state index >= 15 is 0 Å². The first-order valence-electron chi connectivity index (χ1n) is 9.18. The maximum atomic E-state index is 5.81. The van der Waals surface area contributed by atoms with E-state index in [1.54, 1.807) is 28.4 Å². The minimum atomic E-state index is 0.469. The minimum Gasteiger partial charge on any atom is -0.493 e. The number of benzene rings is 2. The fourth-order valence-corrected chi connectivity index (χ4v) is 3.71. The van der Waals surface area contributed by atoms with E-state index in [0.717, 1.165) is 49.1 Å². The van der Waals surface area contributed by atoms with E-state index in [9.17, 15) is 0 Å². The van der Waals surface area contributed by atoms with Crippen LogP contribution in [0.2, 0.25) is 0 Å². The lowest BCUT2D eigenvalue weighted by molar-refractivity contribution is 0.180. The molecule has 0 bridgehead atoms. The summed E-state index contributed by atoms with van der Waals surface area (Å²) in [6.07, 6.45) is 1.91. The summed E-state index contributed by atoms with van der Waals surface area (Å²) < 4.78 is 27.3. The zero-order valence-electron chi connectivity index (χ0n) is 16.5. The summed E-state index contributed by atoms with van der Waals surface area (Å²) in [7, 11) is 6.64. The number of rotatable bonds is 8. The van der Waals surface area contributed by atoms with Crippen molar-refractivity contribution in [3.8, 4) is 23.0 Å². The molecule has 0 spiro atoms. The van der Waals surface area contributed by atoms with Crippen molar-refractivity contribution in [2.45, 2.75) is 12.8 Å². The van der Waals surface area contributed by atoms with Gasteiger partial charge in [-0.15, -0.1) is 0 Å². The normalized spacial score (nSPS) is 19.0. The van der Waals surface area contributed by atoms with E-state index in [4.69, 9.17) is 23.7 Å². The SMILES string of the molecule is COc1ccc(C[C@@H]2COC[C@H]2Cc2ccc(OC)c(OC)c2)cc1OC. The highest BCUT2D eigenvalue weighted by Crippen LogP contribution is 2.34. The molecule has 1 heterocycles. The zero-order valence-corrected chi connectivity index (χ0v) is 16.5. The summed E-state index contributed by atoms with van der Waals surface area (Å²) in [5.74, 6) is 3.99. The van der Waals surface area contributed by atoms with Crippen LogP contribution < -0.4 is 18.9 Å². The van der Waals surface area contributed by atoms with Crippen LogP contribution in [0, 0.1) is 11.8 Å². The van der Waals surface area contributed by atoms with E-state index in [2.05, 4.69) is 24.3 Å². The molecule has 1 saturated heterocycles. The van der Waals surface area contributed by atoms with Gasteiger partial charge >= 0.3 is 0 Å². The summed E-state index contributed by atoms with van der Waals surface area (Å²) in [6.45, 7) is 1.57. The van der Waals surface area contributed by atoms with Gasteiger partial charge < -0.3 is 23.7 Å². The lowest BCUT2D eigenvalue weighted by atomic mass is 9.85. The fraction of sp³-hybridized carbons (Fsp3) is 0.455. The number of methoxy groups -OCH3 is 4. The predicted octanol–water partition coefficient (Wildman–Crippen LogP) is 3.77. The second-order valence-corrected chi connectivity index (χ2v) is 6.84. The standard InChI is InChI=1S/C22H28O5/c1-23-19-7-5-15(11-21(19)25-3)9-17-13-27-14-18(17)10-16-6-8-20(24-2)22(12-16)26-4/h5-8,11-12,17-18H,9-10,13-14H2,1-4H3/t17-,18-/m1/s1. The molecule has 3 rings (SSSR count). The molecule has 1 fully saturated rings. The van der Waals surface area contributed by atoms with Crippen LogP contribution in [0.1, 0.15) is 11.1 Å². The first kappa shape index (κ1) is 19.4. The first-order valence-corrected chi connectivity index (χ1v) is 9.18. The third kappa shape index (κ3) is 4.48. The summed E-state index contributed by atoms with van der Waals surface area (Å²) in [5.41, 5.74) is 2.47. The Bertz CT molecular complexity index is 695. The van der Waals surface area contributed by atoms with Crippen LogP contribution in [0.5, 0.6) is 23.0 Å². The van der Waals surface area contributed by atoms with E-state index in [1.807, 2.05) is 12.1 Å². The highest BCUT2D eigenvalue weighted by molar-refractivity contribution is 5.44. The largest absolute Gasteiger partial charge is 0.493 e. The molecule has 0 radical (unpaired) electrons. The summed E-state index contributed by atoms with van der Waals surface area (Å²) in [5, 5.41) is 0. The molecule has 1 aliphatic rings. The lowest BCUT2D eigenvalue weighted by Gasteiger charge is -2.19. The Morgan fingerprint density at radius 3 is 1.44 bits per heavy atom. The highest BCUT2D eigenvalue weighted by atomic mass is 16.5. The second kappa shape index (κ2) is 9.00. The van der Waals surface area contributed by atoms with Crippen molar-refractivity contribution in [2.75, 3.05) is 41.7 Å². The number of ether oxygens (including phenoxy) is 5. The average Bonchev–Trinajstić information content (AvgIpc) is 3.14. The second-order valence-electron chi connectivity index (χ2n) is 6.84. The van der Waals surface area contributed by atoms with E-state index in [0.29, 0.717) is 11.8 Å². The molecular formula is C22H28O5. The van der Waals surface area contributed by atoms with Crippen molar-refractivity contribution in [2.24, 2.45) is 11.8 Å². The number of hydrogen-bond donors (Lipinski definition) is 0. The Kier molecular flexibility index (Phi) is 6.45. The van der Waals surface area contributed by atoms with Crippen molar-refractivity contribution < 1.29 is 23.7 Å². The molecule has 0 amide bonds. The van der Waals surface area contributed by atoms with Gasteiger partial charge in [-0.2, -0.15) is 0 Å². The van der Waals surface area contributed by atoms with Gasteiger partial charge in [0, 0.05) is 0 Å². The lowest BCUT2D eigenvalue weighted by Crippen LogP contribution is -2.17. The van der Waals surface area contributed by atoms with Gasteiger partial charge in [0.2, 0.25) is 0 Å². The monoisotopic (exact) mass is 372 g/mol. The summed E-state index contributed by atoms with van der Waals surface area (Å²) in [6, 6.07) is 12.3. The van der Waals surface area contributed by atoms with Crippen LogP contribution in [0.25, 0.3) is 0 Å². The van der Waals surface area contributed by atoms with Crippen LogP contribution in [-0.4, -0.2) is 41.7 Å². The van der Waals surface area contributed by atoms with Crippen LogP contribution in [-0.2, 0) is 17.6 Å². The molecule has 146 valence electrons. The molecule has 2 aromatic rings. The van der Waals surface area contributed by atoms with E-state index in [1.165, 1.54) is 11.1 Å². The van der Waals surface area contributed by atoms with Crippen LogP contribution >= 0.6 is 0 Å². The van der Waals surface area contributed by atoms with Crippen LogP contribution in [0.4, 0.5) is 0 Å². The first-order chi connectivity index (χ1) is 13.2. The number of hydrogen-bond acceptors (Lipinski definition) is 5. The van der Waals surface area contributed by atoms with Gasteiger partial charge in [-0.1, -0.05) is 12.1 Å². The third-order valence-corrected chi connectivity index (χ3v) is 5.22. The highest BCUT2D eigenvalue weighted by Gasteiger charge is 2.29. The van der Waals surface area contributed by atoms with E-state index in [-0.39, 0.29) is 0 Å². The van der Waals surface area contributed by atoms with Crippen molar-refractivity contribution >= 4 is 0 Å². The van der Waals surface area contributed by atoms with Crippen molar-refractivity contribution in [3.05, 3.63) is 47.5 Å². The molecule has 0 aliphatic carbocycles. The molecule has 5 nitrogen and oxygen atoms in total. The van der Waals surface area contributed by atoms with Gasteiger partial charge in [-0.3, -0.25) is 0 Å². The van der Waals surface area contributed by atoms with Gasteiger partial charge in [0.25, 0.3) is 0 Å². The molecule has 2 atom stereocenters. The Balaban J connectivity index is 1.70. The van der Waals surface area contributed by atoms with Crippen LogP contribution in [0.15, 0.2) is 36.4 Å². The maximum Gasteiger partial charge on any atom is 0.160 e. The molecule has 2 aromatic carbocycles. The minimum absolute atomic E-state index is 0.469. The van der Waals surface area contributed by atoms with Crippen molar-refractivity contribution in [1.29, 1.82) is 0 Å². The molecule has 0 saturated carbocycles. The van der Waals surface area contributed by atoms with Gasteiger partial charge in [0.15, 0.2) is 23.0 Å². The molecule has 0 unspecified atom stereocenters. The third-order valence-electron chi connectivity index (χ3n) is 5.22. The van der Waals surface area contributed by atoms with E-state index < -0.39 is 0 Å². The Labute approximate surface area is 161 Å². The molecule has 1 aliphatic heterocycles. The Morgan fingerprint density at radius 2 is 1.07 bits per heavy atom. The molecule has 0 aromatic heterocycles. The topological polar surface area (TPSA) is 46.2 Å². The average molecular weight is 372 g/mol. The quantitative estimate of drug-likeness (QED) is 0.706. The molecule has 0 N–H and O–H groups in total. The Hall–Kier alpha value is -2.40. The van der Waals surface area contributed by atoms with Gasteiger partial charge in [0.05, 0.1) is 41.7 Å². The van der Waals surface area contributed by atoms with Crippen LogP contribution in [0.3, 0.4) is 0 Å². The smallest absolute Gasteiger partial charge is 0.160 e. The van der Waals surface area contributed by atoms with Crippen molar-refractivity contribution in [1.82, 2.24) is 0 Å². The summed E-state index contributed by atoms with van der Waals surface area (Å²) in [4.78, 5) is 0. The van der Waals surface area contributed by atoms with Gasteiger partial charge in [-0.05, 0) is 60.1 Å². The predicted molar refractivity (Wildman–Crippen MR) is 104 cm³/mol. The van der Waals surface area contributed by atoms with Gasteiger partial charge in [-0.25, -0.2) is 0 Å².